The van der Waals surface area contributed by atoms with Crippen molar-refractivity contribution in [1.82, 2.24) is 0 Å². The molecule has 0 bridgehead atoms. The van der Waals surface area contributed by atoms with Gasteiger partial charge in [-0.15, -0.1) is 0 Å². The fraction of sp³-hybridized carbons (Fsp3) is 0. The molecule has 0 aliphatic heterocycles. The number of fused-ring (bicyclic) bond motifs is 16. The summed E-state index contributed by atoms with van der Waals surface area (Å²) in [4.78, 5) is 3.62. The average Bonchev–Trinajstić information content (AvgIpc) is 3.63. The molecule has 2 nitrogen and oxygen atoms in total. The first-order valence-corrected chi connectivity index (χ1v) is 18.7. The molecule has 0 fully saturated rings. The van der Waals surface area contributed by atoms with Crippen LogP contribution in [-0.2, 0) is 0 Å². The standard InChI is InChI=1S/C53H29NO/c1-54-34-22-18-32(19-23-34)43-27-46-39-15-7-5-13-37(39)44(28-47(46)38-14-6-4-12-36(38)43)33-20-24-42-45(26-33)40-16-8-9-17-41(40)48-29-50-52(30-49(42)48)55-51-25-21-31-10-2-3-11-35(31)53(50)51/h2-30H. The van der Waals surface area contributed by atoms with Crippen LogP contribution >= 0.6 is 0 Å². The first kappa shape index (κ1) is 30.0. The average molecular weight is 696 g/mol. The van der Waals surface area contributed by atoms with Gasteiger partial charge in [-0.25, -0.2) is 4.85 Å². The first-order chi connectivity index (χ1) is 27.2. The van der Waals surface area contributed by atoms with Crippen LogP contribution in [0, 0.1) is 6.57 Å². The Morgan fingerprint density at radius 3 is 1.47 bits per heavy atom. The normalized spacial score (nSPS) is 12.0. The largest absolute Gasteiger partial charge is 0.456 e. The lowest BCUT2D eigenvalue weighted by Crippen LogP contribution is -1.90. The summed E-state index contributed by atoms with van der Waals surface area (Å²) in [6.45, 7) is 7.45. The Morgan fingerprint density at radius 2 is 0.818 bits per heavy atom. The monoisotopic (exact) mass is 695 g/mol. The molecule has 2 heteroatoms. The van der Waals surface area contributed by atoms with Crippen LogP contribution in [0.15, 0.2) is 180 Å². The van der Waals surface area contributed by atoms with E-state index in [2.05, 4.69) is 169 Å². The van der Waals surface area contributed by atoms with Crippen molar-refractivity contribution in [2.45, 2.75) is 0 Å². The third kappa shape index (κ3) is 4.30. The first-order valence-electron chi connectivity index (χ1n) is 18.7. The Hall–Kier alpha value is -7.47. The molecule has 0 amide bonds. The van der Waals surface area contributed by atoms with Crippen LogP contribution in [0.1, 0.15) is 0 Å². The molecule has 0 aliphatic rings. The van der Waals surface area contributed by atoms with Crippen molar-refractivity contribution in [3.8, 4) is 22.3 Å². The maximum atomic E-state index is 7.45. The molecular formula is C53H29NO. The zero-order chi connectivity index (χ0) is 36.2. The molecule has 12 aromatic rings. The Kier molecular flexibility index (Phi) is 6.15. The number of benzene rings is 11. The minimum absolute atomic E-state index is 0.650. The molecular weight excluding hydrogens is 667 g/mol. The topological polar surface area (TPSA) is 17.5 Å². The zero-order valence-electron chi connectivity index (χ0n) is 29.6. The lowest BCUT2D eigenvalue weighted by atomic mass is 9.86. The Labute approximate surface area is 315 Å². The van der Waals surface area contributed by atoms with E-state index in [1.54, 1.807) is 0 Å². The van der Waals surface area contributed by atoms with E-state index in [0.717, 1.165) is 22.1 Å². The van der Waals surface area contributed by atoms with Gasteiger partial charge >= 0.3 is 0 Å². The minimum atomic E-state index is 0.650. The van der Waals surface area contributed by atoms with E-state index in [9.17, 15) is 0 Å². The molecule has 11 aromatic carbocycles. The lowest BCUT2D eigenvalue weighted by molar-refractivity contribution is 0.670. The molecule has 12 rings (SSSR count). The lowest BCUT2D eigenvalue weighted by Gasteiger charge is -2.17. The van der Waals surface area contributed by atoms with Gasteiger partial charge in [-0.1, -0.05) is 140 Å². The SMILES string of the molecule is [C-]#[N+]c1ccc(-c2cc3c4ccccc4c(-c4ccc5c(c4)c4ccccc4c4cc6c(cc54)oc4ccc5ccccc5c46)cc3c3ccccc23)cc1. The van der Waals surface area contributed by atoms with Gasteiger partial charge in [-0.3, -0.25) is 0 Å². The molecule has 0 aliphatic carbocycles. The molecule has 1 heterocycles. The van der Waals surface area contributed by atoms with Gasteiger partial charge in [0.25, 0.3) is 0 Å². The van der Waals surface area contributed by atoms with Crippen molar-refractivity contribution in [2.24, 2.45) is 0 Å². The highest BCUT2D eigenvalue weighted by molar-refractivity contribution is 6.31. The number of rotatable bonds is 2. The summed E-state index contributed by atoms with van der Waals surface area (Å²) < 4.78 is 6.58. The molecule has 0 saturated heterocycles. The van der Waals surface area contributed by atoms with Crippen molar-refractivity contribution < 1.29 is 4.42 Å². The maximum Gasteiger partial charge on any atom is 0.187 e. The second-order valence-electron chi connectivity index (χ2n) is 14.7. The van der Waals surface area contributed by atoms with E-state index >= 15 is 0 Å². The quantitative estimate of drug-likeness (QED) is 0.130. The molecule has 0 saturated carbocycles. The van der Waals surface area contributed by atoms with Gasteiger partial charge in [-0.2, -0.15) is 0 Å². The van der Waals surface area contributed by atoms with Crippen LogP contribution in [0.4, 0.5) is 5.69 Å². The number of nitrogens with zero attached hydrogens (tertiary/aromatic N) is 1. The highest BCUT2D eigenvalue weighted by Crippen LogP contribution is 2.45. The van der Waals surface area contributed by atoms with Gasteiger partial charge in [0.15, 0.2) is 5.69 Å². The van der Waals surface area contributed by atoms with E-state index in [1.165, 1.54) is 97.5 Å². The van der Waals surface area contributed by atoms with Gasteiger partial charge in [-0.05, 0) is 134 Å². The second kappa shape index (κ2) is 11.3. The molecule has 0 spiro atoms. The number of hydrogen-bond donors (Lipinski definition) is 0. The third-order valence-corrected chi connectivity index (χ3v) is 11.8. The fourth-order valence-corrected chi connectivity index (χ4v) is 9.30. The Balaban J connectivity index is 1.13. The van der Waals surface area contributed by atoms with E-state index in [1.807, 2.05) is 12.1 Å². The van der Waals surface area contributed by atoms with E-state index in [0.29, 0.717) is 5.69 Å². The van der Waals surface area contributed by atoms with E-state index in [4.69, 9.17) is 11.0 Å². The predicted molar refractivity (Wildman–Crippen MR) is 233 cm³/mol. The molecule has 0 radical (unpaired) electrons. The van der Waals surface area contributed by atoms with Crippen molar-refractivity contribution in [3.63, 3.8) is 0 Å². The third-order valence-electron chi connectivity index (χ3n) is 11.8. The van der Waals surface area contributed by atoms with Gasteiger partial charge in [0.2, 0.25) is 0 Å². The minimum Gasteiger partial charge on any atom is -0.456 e. The molecule has 55 heavy (non-hydrogen) atoms. The predicted octanol–water partition coefficient (Wildman–Crippen LogP) is 15.5. The van der Waals surface area contributed by atoms with Crippen LogP contribution in [0.3, 0.4) is 0 Å². The zero-order valence-corrected chi connectivity index (χ0v) is 29.6. The number of hydrogen-bond acceptors (Lipinski definition) is 1. The van der Waals surface area contributed by atoms with Crippen molar-refractivity contribution in [2.75, 3.05) is 0 Å². The van der Waals surface area contributed by atoms with Crippen LogP contribution in [0.25, 0.3) is 124 Å². The second-order valence-corrected chi connectivity index (χ2v) is 14.7. The summed E-state index contributed by atoms with van der Waals surface area (Å²) >= 11 is 0. The fourth-order valence-electron chi connectivity index (χ4n) is 9.30. The Bertz CT molecular complexity index is 3660. The molecule has 0 atom stereocenters. The summed E-state index contributed by atoms with van der Waals surface area (Å²) in [6.07, 6.45) is 0. The van der Waals surface area contributed by atoms with E-state index < -0.39 is 0 Å². The van der Waals surface area contributed by atoms with Gasteiger partial charge in [0.05, 0.1) is 6.57 Å². The van der Waals surface area contributed by atoms with Crippen molar-refractivity contribution >= 4 is 103 Å². The number of furan rings is 1. The van der Waals surface area contributed by atoms with Crippen molar-refractivity contribution in [1.29, 1.82) is 0 Å². The highest BCUT2D eigenvalue weighted by atomic mass is 16.3. The molecule has 252 valence electrons. The summed E-state index contributed by atoms with van der Waals surface area (Å²) in [5, 5.41) is 19.5. The van der Waals surface area contributed by atoms with Crippen LogP contribution in [0.2, 0.25) is 0 Å². The van der Waals surface area contributed by atoms with Gasteiger partial charge < -0.3 is 4.42 Å². The highest BCUT2D eigenvalue weighted by Gasteiger charge is 2.18. The summed E-state index contributed by atoms with van der Waals surface area (Å²) in [6, 6.07) is 63.6. The van der Waals surface area contributed by atoms with Crippen LogP contribution < -0.4 is 0 Å². The molecule has 0 unspecified atom stereocenters. The summed E-state index contributed by atoms with van der Waals surface area (Å²) in [7, 11) is 0. The smallest absolute Gasteiger partial charge is 0.187 e. The van der Waals surface area contributed by atoms with Crippen molar-refractivity contribution in [3.05, 3.63) is 187 Å². The molecule has 0 N–H and O–H groups in total. The van der Waals surface area contributed by atoms with Gasteiger partial charge in [0, 0.05) is 10.8 Å². The van der Waals surface area contributed by atoms with Crippen LogP contribution in [-0.4, -0.2) is 0 Å². The summed E-state index contributed by atoms with van der Waals surface area (Å²) in [5.74, 6) is 0. The Morgan fingerprint density at radius 1 is 0.327 bits per heavy atom. The van der Waals surface area contributed by atoms with Crippen LogP contribution in [0.5, 0.6) is 0 Å². The van der Waals surface area contributed by atoms with E-state index in [-0.39, 0.29) is 0 Å². The summed E-state index contributed by atoms with van der Waals surface area (Å²) in [5.41, 5.74) is 7.17. The van der Waals surface area contributed by atoms with Gasteiger partial charge in [0.1, 0.15) is 11.2 Å². The maximum absolute atomic E-state index is 7.45. The molecule has 1 aromatic heterocycles.